The fourth-order valence-electron chi connectivity index (χ4n) is 14.7. The van der Waals surface area contributed by atoms with Gasteiger partial charge >= 0.3 is 12.2 Å². The number of hydrogen-bond acceptors (Lipinski definition) is 7. The molecule has 3 aliphatic heterocycles. The molecule has 3 heterocycles. The Kier molecular flexibility index (Phi) is 8.72. The van der Waals surface area contributed by atoms with Crippen LogP contribution in [-0.2, 0) is 14.2 Å². The van der Waals surface area contributed by atoms with E-state index in [9.17, 15) is 14.7 Å². The maximum atomic E-state index is 13.5. The summed E-state index contributed by atoms with van der Waals surface area (Å²) in [5.41, 5.74) is 0.166. The van der Waals surface area contributed by atoms with E-state index in [0.29, 0.717) is 23.8 Å². The predicted octanol–water partition coefficient (Wildman–Crippen LogP) is 7.20. The van der Waals surface area contributed by atoms with Crippen LogP contribution in [0.25, 0.3) is 0 Å². The topological polar surface area (TPSA) is 91.8 Å². The Morgan fingerprint density at radius 3 is 2.10 bits per heavy atom. The zero-order valence-corrected chi connectivity index (χ0v) is 33.3. The summed E-state index contributed by atoms with van der Waals surface area (Å²) < 4.78 is 19.7. The number of likely N-dealkylation sites (tertiary alicyclic amines) is 1. The van der Waals surface area contributed by atoms with E-state index in [-0.39, 0.29) is 75.5 Å². The molecule has 0 aromatic rings. The molecule has 1 N–H and O–H groups in total. The summed E-state index contributed by atoms with van der Waals surface area (Å²) in [4.78, 5) is 32.7. The molecule has 0 radical (unpaired) electrons. The van der Waals surface area contributed by atoms with Gasteiger partial charge in [0, 0.05) is 56.1 Å². The van der Waals surface area contributed by atoms with Crippen molar-refractivity contribution in [3.63, 3.8) is 0 Å². The van der Waals surface area contributed by atoms with Crippen LogP contribution in [0.4, 0.5) is 9.59 Å². The van der Waals surface area contributed by atoms with Crippen LogP contribution in [0.1, 0.15) is 120 Å². The van der Waals surface area contributed by atoms with Crippen LogP contribution in [0.5, 0.6) is 0 Å². The monoisotopic (exact) mass is 712 g/mol. The van der Waals surface area contributed by atoms with Crippen LogP contribution in [0.2, 0.25) is 0 Å². The van der Waals surface area contributed by atoms with Crippen molar-refractivity contribution in [2.75, 3.05) is 39.3 Å². The van der Waals surface area contributed by atoms with E-state index in [1.54, 1.807) is 4.90 Å². The normalized spacial score (nSPS) is 47.7. The third-order valence-corrected chi connectivity index (χ3v) is 17.7. The number of piperazine rings is 1. The Morgan fingerprint density at radius 2 is 1.47 bits per heavy atom. The maximum absolute atomic E-state index is 13.5. The minimum atomic E-state index is -0.547. The van der Waals surface area contributed by atoms with Gasteiger partial charge in [-0.25, -0.2) is 9.59 Å². The van der Waals surface area contributed by atoms with Gasteiger partial charge in [-0.1, -0.05) is 48.5 Å². The molecule has 3 saturated heterocycles. The summed E-state index contributed by atoms with van der Waals surface area (Å²) in [6, 6.07) is 0.503. The van der Waals surface area contributed by atoms with Crippen molar-refractivity contribution in [3.05, 3.63) is 0 Å². The second-order valence-electron chi connectivity index (χ2n) is 20.5. The molecule has 51 heavy (non-hydrogen) atoms. The predicted molar refractivity (Wildman–Crippen MR) is 196 cm³/mol. The highest BCUT2D eigenvalue weighted by molar-refractivity contribution is 5.69. The van der Waals surface area contributed by atoms with Crippen molar-refractivity contribution in [1.82, 2.24) is 14.7 Å². The second kappa shape index (κ2) is 12.2. The third-order valence-electron chi connectivity index (χ3n) is 17.7. The van der Waals surface area contributed by atoms with E-state index in [0.717, 1.165) is 84.2 Å². The Hall–Kier alpha value is -1.58. The summed E-state index contributed by atoms with van der Waals surface area (Å²) >= 11 is 0. The van der Waals surface area contributed by atoms with E-state index in [2.05, 4.69) is 67.2 Å². The molecule has 13 atom stereocenters. The number of ether oxygens (including phenoxy) is 3. The third kappa shape index (κ3) is 5.00. The summed E-state index contributed by atoms with van der Waals surface area (Å²) in [6.07, 6.45) is 8.13. The lowest BCUT2D eigenvalue weighted by Gasteiger charge is -2.63. The number of nitrogens with zero attached hydrogens (tertiary/aromatic N) is 3. The number of hydrogen-bond donors (Lipinski definition) is 1. The van der Waals surface area contributed by atoms with Crippen LogP contribution in [0, 0.1) is 56.7 Å². The zero-order valence-electron chi connectivity index (χ0n) is 33.3. The molecular weight excluding hydrogens is 642 g/mol. The van der Waals surface area contributed by atoms with E-state index < -0.39 is 6.10 Å². The van der Waals surface area contributed by atoms with Gasteiger partial charge < -0.3 is 29.1 Å². The molecule has 8 fully saturated rings. The second-order valence-corrected chi connectivity index (χ2v) is 20.5. The van der Waals surface area contributed by atoms with Gasteiger partial charge in [0.15, 0.2) is 0 Å². The maximum Gasteiger partial charge on any atom is 0.410 e. The number of aliphatic hydroxyl groups excluding tert-OH is 1. The van der Waals surface area contributed by atoms with Crippen molar-refractivity contribution in [3.8, 4) is 0 Å². The molecule has 9 heteroatoms. The molecular formula is C42H69N3O6. The van der Waals surface area contributed by atoms with Crippen LogP contribution < -0.4 is 0 Å². The Morgan fingerprint density at radius 1 is 0.824 bits per heavy atom. The standard InChI is InChI=1S/C42H69N3O6/c1-25(2)33(51-37(48)44-17-10-18-44)28-23-27(5)32-34(49-28)35(46)40(9)30-12-11-29-38(6,7)31(50-36(47)45-21-19-43(20-22-45)26(3)4)13-14-41(29)24-42(30,41)16-15-39(32,40)8/h25-35,46H,10-24H2,1-9H3/t27-,28-,29+,30+,31+,32+,33-,34+,35+,39-,40-,41-,42?/m1/s1. The lowest BCUT2D eigenvalue weighted by Crippen LogP contribution is -2.60. The fourth-order valence-corrected chi connectivity index (χ4v) is 14.7. The molecule has 5 aliphatic carbocycles. The number of rotatable bonds is 5. The van der Waals surface area contributed by atoms with Crippen molar-refractivity contribution >= 4 is 12.2 Å². The Labute approximate surface area is 307 Å². The van der Waals surface area contributed by atoms with Crippen LogP contribution >= 0.6 is 0 Å². The number of carbonyl (C=O) groups is 2. The number of carbonyl (C=O) groups excluding carboxylic acids is 2. The van der Waals surface area contributed by atoms with Crippen molar-refractivity contribution in [2.45, 2.75) is 157 Å². The quantitative estimate of drug-likeness (QED) is 0.323. The molecule has 2 amide bonds. The molecule has 8 rings (SSSR count). The van der Waals surface area contributed by atoms with E-state index in [4.69, 9.17) is 14.2 Å². The summed E-state index contributed by atoms with van der Waals surface area (Å²) in [5, 5.41) is 12.7. The zero-order chi connectivity index (χ0) is 36.5. The summed E-state index contributed by atoms with van der Waals surface area (Å²) in [7, 11) is 0. The SMILES string of the molecule is CC(C)[C@@H](OC(=O)N1CCC1)[C@H]1C[C@@H](C)[C@H]2[C@H](O1)[C@H](O)[C@@]1(C)[C@@H]3CC[C@H]4C(C)(C)[C@@H](OC(=O)N5CCN(C(C)C)CC5)CC[C@@]45CC35CC[C@]21C. The van der Waals surface area contributed by atoms with Crippen molar-refractivity contribution < 1.29 is 28.9 Å². The van der Waals surface area contributed by atoms with E-state index >= 15 is 0 Å². The lowest BCUT2D eigenvalue weighted by molar-refractivity contribution is -0.185. The molecule has 0 aromatic carbocycles. The first-order valence-electron chi connectivity index (χ1n) is 21.0. The number of fused-ring (bicyclic) bond motifs is 4. The largest absolute Gasteiger partial charge is 0.446 e. The number of aliphatic hydroxyl groups is 1. The Balaban J connectivity index is 0.995. The fraction of sp³-hybridized carbons (Fsp3) is 0.952. The minimum Gasteiger partial charge on any atom is -0.446 e. The highest BCUT2D eigenvalue weighted by Crippen LogP contribution is 2.89. The molecule has 1 unspecified atom stereocenters. The van der Waals surface area contributed by atoms with Gasteiger partial charge in [-0.3, -0.25) is 4.90 Å². The highest BCUT2D eigenvalue weighted by Gasteiger charge is 2.84. The summed E-state index contributed by atoms with van der Waals surface area (Å²) in [5.74, 6) is 1.76. The van der Waals surface area contributed by atoms with Crippen molar-refractivity contribution in [2.24, 2.45) is 56.7 Å². The molecule has 5 saturated carbocycles. The van der Waals surface area contributed by atoms with Gasteiger partial charge in [0.2, 0.25) is 0 Å². The first kappa shape index (κ1) is 36.4. The van der Waals surface area contributed by atoms with Crippen LogP contribution in [0.3, 0.4) is 0 Å². The molecule has 2 spiro atoms. The average Bonchev–Trinajstić information content (AvgIpc) is 3.68. The summed E-state index contributed by atoms with van der Waals surface area (Å²) in [6.45, 7) is 25.7. The van der Waals surface area contributed by atoms with Crippen LogP contribution in [-0.4, -0.2) is 108 Å². The Bertz CT molecular complexity index is 1380. The van der Waals surface area contributed by atoms with Gasteiger partial charge in [-0.2, -0.15) is 0 Å². The van der Waals surface area contributed by atoms with Crippen LogP contribution in [0.15, 0.2) is 0 Å². The van der Waals surface area contributed by atoms with E-state index in [1.807, 2.05) is 4.90 Å². The number of amides is 2. The molecule has 0 aromatic heterocycles. The molecule has 0 bridgehead atoms. The highest BCUT2D eigenvalue weighted by atomic mass is 16.6. The van der Waals surface area contributed by atoms with Gasteiger partial charge in [-0.15, -0.1) is 0 Å². The lowest BCUT2D eigenvalue weighted by atomic mass is 9.41. The first-order chi connectivity index (χ1) is 24.0. The van der Waals surface area contributed by atoms with Gasteiger partial charge in [0.1, 0.15) is 12.2 Å². The van der Waals surface area contributed by atoms with Gasteiger partial charge in [-0.05, 0) is 117 Å². The van der Waals surface area contributed by atoms with Crippen molar-refractivity contribution in [1.29, 1.82) is 0 Å². The van der Waals surface area contributed by atoms with Gasteiger partial charge in [0.05, 0.1) is 18.3 Å². The average molecular weight is 712 g/mol. The minimum absolute atomic E-state index is 0.0164. The molecule has 288 valence electrons. The van der Waals surface area contributed by atoms with E-state index in [1.165, 1.54) is 12.8 Å². The first-order valence-corrected chi connectivity index (χ1v) is 21.0. The molecule has 8 aliphatic rings. The molecule has 9 nitrogen and oxygen atoms in total. The van der Waals surface area contributed by atoms with Gasteiger partial charge in [0.25, 0.3) is 0 Å². The smallest absolute Gasteiger partial charge is 0.410 e.